The molecule has 1 saturated heterocycles. The molecule has 0 bridgehead atoms. The SMILES string of the molecule is CCC1C(=O)OCC1CC=O. The Balaban J connectivity index is 2.53. The Bertz CT molecular complexity index is 165. The zero-order chi connectivity index (χ0) is 8.27. The van der Waals surface area contributed by atoms with Gasteiger partial charge in [-0.05, 0) is 6.42 Å². The third-order valence-electron chi connectivity index (χ3n) is 2.15. The predicted molar refractivity (Wildman–Crippen MR) is 38.9 cm³/mol. The van der Waals surface area contributed by atoms with Gasteiger partial charge >= 0.3 is 5.97 Å². The van der Waals surface area contributed by atoms with Gasteiger partial charge in [-0.2, -0.15) is 0 Å². The summed E-state index contributed by atoms with van der Waals surface area (Å²) in [6, 6.07) is 0. The van der Waals surface area contributed by atoms with Crippen LogP contribution in [-0.2, 0) is 14.3 Å². The monoisotopic (exact) mass is 156 g/mol. The third-order valence-corrected chi connectivity index (χ3v) is 2.15. The number of aldehydes is 1. The second kappa shape index (κ2) is 3.51. The molecule has 0 aromatic carbocycles. The second-order valence-corrected chi connectivity index (χ2v) is 2.81. The molecule has 2 unspecified atom stereocenters. The van der Waals surface area contributed by atoms with Gasteiger partial charge in [-0.15, -0.1) is 0 Å². The summed E-state index contributed by atoms with van der Waals surface area (Å²) in [5, 5.41) is 0. The molecule has 62 valence electrons. The highest BCUT2D eigenvalue weighted by Gasteiger charge is 2.34. The highest BCUT2D eigenvalue weighted by molar-refractivity contribution is 5.75. The van der Waals surface area contributed by atoms with Crippen LogP contribution in [0.25, 0.3) is 0 Å². The van der Waals surface area contributed by atoms with Crippen molar-refractivity contribution in [2.24, 2.45) is 11.8 Å². The molecule has 11 heavy (non-hydrogen) atoms. The summed E-state index contributed by atoms with van der Waals surface area (Å²) < 4.78 is 4.82. The minimum Gasteiger partial charge on any atom is -0.465 e. The maximum atomic E-state index is 11.0. The first kappa shape index (κ1) is 8.24. The number of esters is 1. The van der Waals surface area contributed by atoms with Crippen LogP contribution in [0.1, 0.15) is 19.8 Å². The summed E-state index contributed by atoms with van der Waals surface area (Å²) in [5.74, 6) is -0.0513. The van der Waals surface area contributed by atoms with E-state index in [2.05, 4.69) is 0 Å². The molecule has 0 aromatic heterocycles. The summed E-state index contributed by atoms with van der Waals surface area (Å²) >= 11 is 0. The molecule has 2 atom stereocenters. The van der Waals surface area contributed by atoms with Crippen molar-refractivity contribution in [3.63, 3.8) is 0 Å². The first-order chi connectivity index (χ1) is 5.29. The van der Waals surface area contributed by atoms with Gasteiger partial charge in [0.2, 0.25) is 0 Å². The van der Waals surface area contributed by atoms with Gasteiger partial charge in [-0.3, -0.25) is 4.79 Å². The zero-order valence-corrected chi connectivity index (χ0v) is 6.58. The first-order valence-electron chi connectivity index (χ1n) is 3.89. The molecule has 0 saturated carbocycles. The largest absolute Gasteiger partial charge is 0.465 e. The van der Waals surface area contributed by atoms with E-state index in [4.69, 9.17) is 4.74 Å². The summed E-state index contributed by atoms with van der Waals surface area (Å²) in [6.07, 6.45) is 2.08. The molecule has 3 nitrogen and oxygen atoms in total. The van der Waals surface area contributed by atoms with Crippen LogP contribution in [0.5, 0.6) is 0 Å². The molecular weight excluding hydrogens is 144 g/mol. The zero-order valence-electron chi connectivity index (χ0n) is 6.58. The second-order valence-electron chi connectivity index (χ2n) is 2.81. The molecule has 3 heteroatoms. The normalized spacial score (nSPS) is 30.1. The number of carbonyl (C=O) groups excluding carboxylic acids is 2. The summed E-state index contributed by atoms with van der Waals surface area (Å²) in [4.78, 5) is 21.1. The molecule has 1 aliphatic heterocycles. The molecule has 1 aliphatic rings. The Labute approximate surface area is 65.7 Å². The molecule has 0 aromatic rings. The van der Waals surface area contributed by atoms with E-state index in [1.165, 1.54) is 0 Å². The standard InChI is InChI=1S/C8H12O3/c1-2-7-6(3-4-9)5-11-8(7)10/h4,6-7H,2-3,5H2,1H3. The van der Waals surface area contributed by atoms with E-state index < -0.39 is 0 Å². The van der Waals surface area contributed by atoms with E-state index in [1.54, 1.807) is 0 Å². The summed E-state index contributed by atoms with van der Waals surface area (Å²) in [5.41, 5.74) is 0. The van der Waals surface area contributed by atoms with Gasteiger partial charge in [0.25, 0.3) is 0 Å². The van der Waals surface area contributed by atoms with Gasteiger partial charge in [0.15, 0.2) is 0 Å². The number of carbonyl (C=O) groups is 2. The highest BCUT2D eigenvalue weighted by atomic mass is 16.5. The van der Waals surface area contributed by atoms with Crippen LogP contribution >= 0.6 is 0 Å². The van der Waals surface area contributed by atoms with Gasteiger partial charge in [0, 0.05) is 12.3 Å². The van der Waals surface area contributed by atoms with Gasteiger partial charge in [-0.1, -0.05) is 6.92 Å². The van der Waals surface area contributed by atoms with Crippen molar-refractivity contribution < 1.29 is 14.3 Å². The van der Waals surface area contributed by atoms with Gasteiger partial charge < -0.3 is 9.53 Å². The lowest BCUT2D eigenvalue weighted by molar-refractivity contribution is -0.141. The van der Waals surface area contributed by atoms with Crippen LogP contribution < -0.4 is 0 Å². The van der Waals surface area contributed by atoms with E-state index in [0.717, 1.165) is 12.7 Å². The topological polar surface area (TPSA) is 43.4 Å². The van der Waals surface area contributed by atoms with Gasteiger partial charge in [-0.25, -0.2) is 0 Å². The highest BCUT2D eigenvalue weighted by Crippen LogP contribution is 2.26. The summed E-state index contributed by atoms with van der Waals surface area (Å²) in [6.45, 7) is 2.37. The smallest absolute Gasteiger partial charge is 0.309 e. The number of ether oxygens (including phenoxy) is 1. The Morgan fingerprint density at radius 3 is 3.00 bits per heavy atom. The average Bonchev–Trinajstić information content (AvgIpc) is 2.33. The fourth-order valence-electron chi connectivity index (χ4n) is 1.46. The lowest BCUT2D eigenvalue weighted by Crippen LogP contribution is -2.15. The van der Waals surface area contributed by atoms with Crippen molar-refractivity contribution in [3.05, 3.63) is 0 Å². The first-order valence-corrected chi connectivity index (χ1v) is 3.89. The minimum absolute atomic E-state index is 0.0415. The van der Waals surface area contributed by atoms with Gasteiger partial charge in [0.1, 0.15) is 6.29 Å². The number of hydrogen-bond acceptors (Lipinski definition) is 3. The lowest BCUT2D eigenvalue weighted by Gasteiger charge is -2.07. The van der Waals surface area contributed by atoms with Crippen LogP contribution in [0, 0.1) is 11.8 Å². The Morgan fingerprint density at radius 1 is 1.73 bits per heavy atom. The van der Waals surface area contributed by atoms with Crippen molar-refractivity contribution in [1.82, 2.24) is 0 Å². The Hall–Kier alpha value is -0.860. The number of hydrogen-bond donors (Lipinski definition) is 0. The molecular formula is C8H12O3. The van der Waals surface area contributed by atoms with Crippen molar-refractivity contribution in [2.75, 3.05) is 6.61 Å². The van der Waals surface area contributed by atoms with Crippen LogP contribution in [-0.4, -0.2) is 18.9 Å². The maximum Gasteiger partial charge on any atom is 0.309 e. The molecule has 1 rings (SSSR count). The summed E-state index contributed by atoms with van der Waals surface area (Å²) in [7, 11) is 0. The molecule has 0 aliphatic carbocycles. The van der Waals surface area contributed by atoms with Crippen molar-refractivity contribution in [1.29, 1.82) is 0 Å². The maximum absolute atomic E-state index is 11.0. The predicted octanol–water partition coefficient (Wildman–Crippen LogP) is 0.775. The molecule has 0 spiro atoms. The molecule has 1 heterocycles. The Kier molecular flexibility index (Phi) is 2.63. The molecule has 0 amide bonds. The van der Waals surface area contributed by atoms with E-state index in [0.29, 0.717) is 13.0 Å². The van der Waals surface area contributed by atoms with Crippen LogP contribution in [0.2, 0.25) is 0 Å². The van der Waals surface area contributed by atoms with Crippen LogP contribution in [0.4, 0.5) is 0 Å². The Morgan fingerprint density at radius 2 is 2.45 bits per heavy atom. The molecule has 0 radical (unpaired) electrons. The van der Waals surface area contributed by atoms with E-state index in [-0.39, 0.29) is 17.8 Å². The van der Waals surface area contributed by atoms with Crippen molar-refractivity contribution in [2.45, 2.75) is 19.8 Å². The minimum atomic E-state index is -0.139. The van der Waals surface area contributed by atoms with Crippen molar-refractivity contribution in [3.8, 4) is 0 Å². The van der Waals surface area contributed by atoms with Crippen molar-refractivity contribution >= 4 is 12.3 Å². The molecule has 1 fully saturated rings. The van der Waals surface area contributed by atoms with Crippen LogP contribution in [0.3, 0.4) is 0 Å². The van der Waals surface area contributed by atoms with E-state index in [9.17, 15) is 9.59 Å². The number of rotatable bonds is 3. The molecule has 0 N–H and O–H groups in total. The lowest BCUT2D eigenvalue weighted by atomic mass is 9.91. The van der Waals surface area contributed by atoms with E-state index in [1.807, 2.05) is 6.92 Å². The average molecular weight is 156 g/mol. The quantitative estimate of drug-likeness (QED) is 0.448. The van der Waals surface area contributed by atoms with Crippen LogP contribution in [0.15, 0.2) is 0 Å². The fourth-order valence-corrected chi connectivity index (χ4v) is 1.46. The number of cyclic esters (lactones) is 1. The third kappa shape index (κ3) is 1.59. The van der Waals surface area contributed by atoms with E-state index >= 15 is 0 Å². The van der Waals surface area contributed by atoms with Gasteiger partial charge in [0.05, 0.1) is 12.5 Å². The fraction of sp³-hybridized carbons (Fsp3) is 0.750.